The first-order chi connectivity index (χ1) is 16.6. The first kappa shape index (κ1) is 28.3. The van der Waals surface area contributed by atoms with Crippen molar-refractivity contribution in [2.45, 2.75) is 6.92 Å². The van der Waals surface area contributed by atoms with E-state index < -0.39 is 78.6 Å². The normalized spacial score (nSPS) is 13.5. The minimum absolute atomic E-state index is 0.00213. The summed E-state index contributed by atoms with van der Waals surface area (Å²) in [6, 6.07) is 1.98. The van der Waals surface area contributed by atoms with Gasteiger partial charge in [0.2, 0.25) is 26.7 Å². The summed E-state index contributed by atoms with van der Waals surface area (Å²) in [4.78, 5) is 71.2. The van der Waals surface area contributed by atoms with Gasteiger partial charge in [0, 0.05) is 11.6 Å². The summed E-state index contributed by atoms with van der Waals surface area (Å²) in [5.74, 6) is 0. The molecule has 0 aliphatic carbocycles. The summed E-state index contributed by atoms with van der Waals surface area (Å²) in [5, 5.41) is 70.9. The van der Waals surface area contributed by atoms with E-state index in [1.54, 1.807) is 0 Å². The predicted octanol–water partition coefficient (Wildman–Crippen LogP) is -0.476. The van der Waals surface area contributed by atoms with E-state index in [1.807, 2.05) is 0 Å². The number of rotatable bonds is 7. The first-order valence-corrected chi connectivity index (χ1v) is 8.72. The van der Waals surface area contributed by atoms with E-state index in [0.29, 0.717) is 0 Å². The Kier molecular flexibility index (Phi) is 8.93. The van der Waals surface area contributed by atoms with Gasteiger partial charge in [-0.1, -0.05) is 20.0 Å². The fourth-order valence-electron chi connectivity index (χ4n) is 2.57. The molecule has 36 heavy (non-hydrogen) atoms. The SMILES string of the molecule is Cc1ccc([N+](=O)[O-])c([N+](=O)[O-])c1[N+](=O)[O-].O=[N+]([O-])N1CN([N+](=O)[O-])CN([N+](=O)[O-])CN([N+](=O)[O-])C1. The van der Waals surface area contributed by atoms with Crippen LogP contribution in [-0.4, -0.2) is 81.6 Å². The molecule has 1 fully saturated rings. The van der Waals surface area contributed by atoms with Crippen LogP contribution in [0.3, 0.4) is 0 Å². The van der Waals surface area contributed by atoms with E-state index in [2.05, 4.69) is 0 Å². The second-order valence-corrected chi connectivity index (χ2v) is 6.41. The van der Waals surface area contributed by atoms with Gasteiger partial charge in [-0.15, -0.1) is 0 Å². The van der Waals surface area contributed by atoms with Crippen molar-refractivity contribution in [1.29, 1.82) is 0 Å². The van der Waals surface area contributed by atoms with Crippen molar-refractivity contribution >= 4 is 17.1 Å². The number of nitrogens with zero attached hydrogens (tertiary/aromatic N) is 11. The van der Waals surface area contributed by atoms with Crippen LogP contribution in [0.5, 0.6) is 0 Å². The molecule has 2 rings (SSSR count). The molecule has 196 valence electrons. The molecule has 1 aromatic carbocycles. The van der Waals surface area contributed by atoms with Crippen molar-refractivity contribution in [2.24, 2.45) is 0 Å². The number of hydrogen-bond donors (Lipinski definition) is 0. The van der Waals surface area contributed by atoms with E-state index in [9.17, 15) is 70.8 Å². The molecule has 0 saturated carbocycles. The van der Waals surface area contributed by atoms with Crippen LogP contribution < -0.4 is 0 Å². The van der Waals surface area contributed by atoms with Gasteiger partial charge in [0.15, 0.2) is 20.1 Å². The second-order valence-electron chi connectivity index (χ2n) is 6.41. The highest BCUT2D eigenvalue weighted by Gasteiger charge is 2.40. The zero-order valence-electron chi connectivity index (χ0n) is 17.6. The van der Waals surface area contributed by atoms with E-state index in [-0.39, 0.29) is 25.6 Å². The van der Waals surface area contributed by atoms with Gasteiger partial charge in [0.25, 0.3) is 0 Å². The average Bonchev–Trinajstić information content (AvgIpc) is 2.72. The lowest BCUT2D eigenvalue weighted by Crippen LogP contribution is -2.59. The minimum atomic E-state index is -1.12. The molecule has 25 heteroatoms. The highest BCUT2D eigenvalue weighted by atomic mass is 16.7. The van der Waals surface area contributed by atoms with Crippen molar-refractivity contribution in [2.75, 3.05) is 26.7 Å². The maximum Gasteiger partial charge on any atom is 0.422 e. The van der Waals surface area contributed by atoms with Gasteiger partial charge in [0.1, 0.15) is 0 Å². The Labute approximate surface area is 195 Å². The molecule has 0 spiro atoms. The molecule has 0 aromatic heterocycles. The third-order valence-corrected chi connectivity index (χ3v) is 4.12. The van der Waals surface area contributed by atoms with Gasteiger partial charge in [-0.25, -0.2) is 40.5 Å². The highest BCUT2D eigenvalue weighted by Crippen LogP contribution is 2.38. The number of nitro benzene ring substituents is 3. The molecule has 0 bridgehead atoms. The number of nitro groups is 7. The zero-order valence-corrected chi connectivity index (χ0v) is 17.6. The summed E-state index contributed by atoms with van der Waals surface area (Å²) in [7, 11) is 0. The largest absolute Gasteiger partial charge is 0.422 e. The van der Waals surface area contributed by atoms with Crippen molar-refractivity contribution in [3.05, 3.63) is 88.5 Å². The Bertz CT molecular complexity index is 1020. The predicted molar refractivity (Wildman–Crippen MR) is 106 cm³/mol. The van der Waals surface area contributed by atoms with E-state index in [4.69, 9.17) is 0 Å². The van der Waals surface area contributed by atoms with Crippen LogP contribution in [0, 0.1) is 77.7 Å². The van der Waals surface area contributed by atoms with Crippen LogP contribution in [-0.2, 0) is 0 Å². The Morgan fingerprint density at radius 3 is 1.06 bits per heavy atom. The van der Waals surface area contributed by atoms with Crippen LogP contribution in [0.25, 0.3) is 0 Å². The average molecular weight is 523 g/mol. The van der Waals surface area contributed by atoms with Crippen molar-refractivity contribution in [1.82, 2.24) is 20.0 Å². The fraction of sp³-hybridized carbons (Fsp3) is 0.455. The van der Waals surface area contributed by atoms with Gasteiger partial charge in [-0.05, 0) is 13.0 Å². The van der Waals surface area contributed by atoms with Crippen molar-refractivity contribution < 1.29 is 34.9 Å². The first-order valence-electron chi connectivity index (χ1n) is 8.72. The molecule has 1 aromatic rings. The number of hydrogen-bond acceptors (Lipinski definition) is 14. The van der Waals surface area contributed by atoms with E-state index in [1.165, 1.54) is 6.92 Å². The van der Waals surface area contributed by atoms with Gasteiger partial charge < -0.3 is 0 Å². The quantitative estimate of drug-likeness (QED) is 0.321. The maximum atomic E-state index is 10.7. The standard InChI is InChI=1S/C7H5N3O6.C4H8N8O8/c1-4-2-3-5(8(11)12)7(10(15)16)6(4)9(13)14;13-9(14)5-1-6(10(15)16)3-8(12(19)20)4-7(2-5)11(17)18/h2-3H,1H3;1-4H2. The summed E-state index contributed by atoms with van der Waals surface area (Å²) >= 11 is 0. The molecule has 0 amide bonds. The van der Waals surface area contributed by atoms with Gasteiger partial charge in [-0.2, -0.15) is 0 Å². The second kappa shape index (κ2) is 11.4. The van der Waals surface area contributed by atoms with Gasteiger partial charge in [-0.3, -0.25) is 30.3 Å². The smallest absolute Gasteiger partial charge is 0.258 e. The topological polar surface area (TPSA) is 315 Å². The third-order valence-electron chi connectivity index (χ3n) is 4.12. The molecule has 1 aliphatic rings. The minimum Gasteiger partial charge on any atom is -0.258 e. The van der Waals surface area contributed by atoms with Crippen LogP contribution in [0.1, 0.15) is 5.56 Å². The Balaban J connectivity index is 0.000000369. The van der Waals surface area contributed by atoms with Gasteiger partial charge >= 0.3 is 17.1 Å². The molecular weight excluding hydrogens is 510 g/mol. The maximum absolute atomic E-state index is 10.7. The molecule has 25 nitrogen and oxygen atoms in total. The molecule has 1 saturated heterocycles. The van der Waals surface area contributed by atoms with Crippen LogP contribution >= 0.6 is 0 Å². The fourth-order valence-corrected chi connectivity index (χ4v) is 2.57. The lowest BCUT2D eigenvalue weighted by atomic mass is 10.1. The molecular formula is C11H13N11O14. The van der Waals surface area contributed by atoms with Crippen LogP contribution in [0.15, 0.2) is 12.1 Å². The van der Waals surface area contributed by atoms with E-state index >= 15 is 0 Å². The van der Waals surface area contributed by atoms with Gasteiger partial charge in [0.05, 0.1) is 14.8 Å². The molecule has 0 radical (unpaired) electrons. The summed E-state index contributed by atoms with van der Waals surface area (Å²) in [6.45, 7) is -2.53. The third kappa shape index (κ3) is 6.86. The Morgan fingerprint density at radius 2 is 0.833 bits per heavy atom. The number of aryl methyl sites for hydroxylation is 1. The Hall–Kier alpha value is -5.78. The molecule has 1 heterocycles. The highest BCUT2D eigenvalue weighted by molar-refractivity contribution is 5.68. The number of benzene rings is 1. The number of hydrazine groups is 4. The monoisotopic (exact) mass is 523 g/mol. The lowest BCUT2D eigenvalue weighted by Gasteiger charge is -2.27. The van der Waals surface area contributed by atoms with Crippen LogP contribution in [0.2, 0.25) is 0 Å². The van der Waals surface area contributed by atoms with Crippen molar-refractivity contribution in [3.63, 3.8) is 0 Å². The Morgan fingerprint density at radius 1 is 0.528 bits per heavy atom. The molecule has 0 unspecified atom stereocenters. The zero-order chi connectivity index (χ0) is 27.9. The van der Waals surface area contributed by atoms with E-state index in [0.717, 1.165) is 12.1 Å². The lowest BCUT2D eigenvalue weighted by molar-refractivity contribution is -0.775. The summed E-state index contributed by atoms with van der Waals surface area (Å²) in [6.07, 6.45) is 0. The van der Waals surface area contributed by atoms with Crippen molar-refractivity contribution in [3.8, 4) is 0 Å². The summed E-state index contributed by atoms with van der Waals surface area (Å²) in [5.41, 5.74) is -2.82. The molecule has 0 atom stereocenters. The molecule has 1 aliphatic heterocycles. The molecule has 0 N–H and O–H groups in total. The summed E-state index contributed by atoms with van der Waals surface area (Å²) < 4.78 is 0. The van der Waals surface area contributed by atoms with Crippen LogP contribution in [0.4, 0.5) is 17.1 Å².